The normalized spacial score (nSPS) is 21.8. The predicted molar refractivity (Wildman–Crippen MR) is 42.6 cm³/mol. The number of hydrogen-bond donors (Lipinski definition) is 3. The second kappa shape index (κ2) is 4.06. The molecular formula is C8H10O5. The topological polar surface area (TPSA) is 87.0 Å². The summed E-state index contributed by atoms with van der Waals surface area (Å²) in [6.07, 6.45) is 1.98. The van der Waals surface area contributed by atoms with Gasteiger partial charge in [0.05, 0.1) is 11.7 Å². The molecule has 0 radical (unpaired) electrons. The summed E-state index contributed by atoms with van der Waals surface area (Å²) < 4.78 is 4.25. The van der Waals surface area contributed by atoms with Crippen LogP contribution in [-0.2, 0) is 9.53 Å². The van der Waals surface area contributed by atoms with Gasteiger partial charge in [0.1, 0.15) is 5.76 Å². The number of aliphatic hydroxyl groups is 3. The molecule has 0 bridgehead atoms. The van der Waals surface area contributed by atoms with Crippen molar-refractivity contribution in [3.63, 3.8) is 0 Å². The molecule has 1 aliphatic carbocycles. The van der Waals surface area contributed by atoms with Gasteiger partial charge in [-0.15, -0.1) is 0 Å². The van der Waals surface area contributed by atoms with Crippen LogP contribution in [0.15, 0.2) is 23.5 Å². The molecule has 5 heteroatoms. The van der Waals surface area contributed by atoms with Gasteiger partial charge < -0.3 is 20.1 Å². The van der Waals surface area contributed by atoms with Crippen molar-refractivity contribution in [1.29, 1.82) is 0 Å². The Bertz CT molecular complexity index is 266. The Morgan fingerprint density at radius 2 is 2.38 bits per heavy atom. The summed E-state index contributed by atoms with van der Waals surface area (Å²) in [5.74, 6) is -1.12. The zero-order chi connectivity index (χ0) is 9.84. The molecular weight excluding hydrogens is 176 g/mol. The van der Waals surface area contributed by atoms with Crippen LogP contribution in [0.25, 0.3) is 0 Å². The van der Waals surface area contributed by atoms with Crippen LogP contribution >= 0.6 is 0 Å². The number of rotatable bonds is 2. The van der Waals surface area contributed by atoms with Crippen LogP contribution in [0.4, 0.5) is 0 Å². The van der Waals surface area contributed by atoms with E-state index in [1.165, 1.54) is 6.08 Å². The van der Waals surface area contributed by atoms with Crippen LogP contribution in [0.2, 0.25) is 0 Å². The maximum Gasteiger partial charge on any atom is 0.343 e. The zero-order valence-corrected chi connectivity index (χ0v) is 6.80. The van der Waals surface area contributed by atoms with Crippen molar-refractivity contribution >= 4 is 5.97 Å². The van der Waals surface area contributed by atoms with E-state index in [1.807, 2.05) is 0 Å². The average molecular weight is 186 g/mol. The maximum absolute atomic E-state index is 11.0. The lowest BCUT2D eigenvalue weighted by molar-refractivity contribution is -0.146. The van der Waals surface area contributed by atoms with E-state index < -0.39 is 18.9 Å². The quantitative estimate of drug-likeness (QED) is 0.404. The maximum atomic E-state index is 11.0. The fourth-order valence-corrected chi connectivity index (χ4v) is 1.01. The van der Waals surface area contributed by atoms with E-state index in [1.54, 1.807) is 0 Å². The van der Waals surface area contributed by atoms with E-state index in [0.29, 0.717) is 0 Å². The first-order chi connectivity index (χ1) is 6.15. The first-order valence-corrected chi connectivity index (χ1v) is 3.72. The minimum absolute atomic E-state index is 0.0284. The van der Waals surface area contributed by atoms with Crippen molar-refractivity contribution in [3.05, 3.63) is 23.5 Å². The van der Waals surface area contributed by atoms with Gasteiger partial charge in [-0.1, -0.05) is 6.08 Å². The van der Waals surface area contributed by atoms with E-state index in [-0.39, 0.29) is 17.8 Å². The van der Waals surface area contributed by atoms with Crippen molar-refractivity contribution in [2.75, 3.05) is 6.79 Å². The summed E-state index contributed by atoms with van der Waals surface area (Å²) in [6, 6.07) is 0. The molecule has 0 saturated carbocycles. The van der Waals surface area contributed by atoms with E-state index in [0.717, 1.165) is 6.08 Å². The molecule has 0 heterocycles. The summed E-state index contributed by atoms with van der Waals surface area (Å²) in [7, 11) is 0. The Kier molecular flexibility index (Phi) is 3.05. The van der Waals surface area contributed by atoms with Gasteiger partial charge in [-0.25, -0.2) is 4.79 Å². The van der Waals surface area contributed by atoms with E-state index in [9.17, 15) is 9.90 Å². The van der Waals surface area contributed by atoms with Crippen molar-refractivity contribution in [1.82, 2.24) is 0 Å². The second-order valence-corrected chi connectivity index (χ2v) is 2.53. The van der Waals surface area contributed by atoms with Gasteiger partial charge in [-0.05, 0) is 12.5 Å². The van der Waals surface area contributed by atoms with Crippen LogP contribution < -0.4 is 0 Å². The lowest BCUT2D eigenvalue weighted by Crippen LogP contribution is -2.16. The summed E-state index contributed by atoms with van der Waals surface area (Å²) >= 11 is 0. The van der Waals surface area contributed by atoms with Crippen LogP contribution in [-0.4, -0.2) is 34.2 Å². The first kappa shape index (κ1) is 9.76. The molecule has 0 aromatic carbocycles. The van der Waals surface area contributed by atoms with Gasteiger partial charge in [-0.3, -0.25) is 0 Å². The highest BCUT2D eigenvalue weighted by molar-refractivity contribution is 5.92. The van der Waals surface area contributed by atoms with Gasteiger partial charge in [0.15, 0.2) is 6.79 Å². The summed E-state index contributed by atoms with van der Waals surface area (Å²) in [5.41, 5.74) is -0.0284. The van der Waals surface area contributed by atoms with Gasteiger partial charge in [0.25, 0.3) is 0 Å². The third kappa shape index (κ3) is 2.30. The van der Waals surface area contributed by atoms with Gasteiger partial charge >= 0.3 is 5.97 Å². The number of carbonyl (C=O) groups is 1. The summed E-state index contributed by atoms with van der Waals surface area (Å²) in [5, 5.41) is 26.5. The Morgan fingerprint density at radius 3 is 2.92 bits per heavy atom. The fourth-order valence-electron chi connectivity index (χ4n) is 1.01. The van der Waals surface area contributed by atoms with Crippen molar-refractivity contribution in [3.8, 4) is 0 Å². The molecule has 72 valence electrons. The molecule has 0 aromatic rings. The fraction of sp³-hybridized carbons (Fsp3) is 0.375. The molecule has 13 heavy (non-hydrogen) atoms. The van der Waals surface area contributed by atoms with E-state index >= 15 is 0 Å². The highest BCUT2D eigenvalue weighted by Gasteiger charge is 2.20. The molecule has 1 atom stereocenters. The number of aliphatic hydroxyl groups excluding tert-OH is 3. The molecule has 1 rings (SSSR count). The summed E-state index contributed by atoms with van der Waals surface area (Å²) in [4.78, 5) is 11.0. The molecule has 0 fully saturated rings. The highest BCUT2D eigenvalue weighted by atomic mass is 16.6. The van der Waals surface area contributed by atoms with E-state index in [2.05, 4.69) is 4.74 Å². The monoisotopic (exact) mass is 186 g/mol. The summed E-state index contributed by atoms with van der Waals surface area (Å²) in [6.45, 7) is -0.730. The van der Waals surface area contributed by atoms with Crippen molar-refractivity contribution < 1.29 is 24.9 Å². The third-order valence-corrected chi connectivity index (χ3v) is 1.61. The molecule has 5 nitrogen and oxygen atoms in total. The predicted octanol–water partition coefficient (Wildman–Crippen LogP) is -0.388. The Morgan fingerprint density at radius 1 is 1.69 bits per heavy atom. The number of hydrogen-bond acceptors (Lipinski definition) is 5. The minimum atomic E-state index is -0.803. The molecule has 0 saturated heterocycles. The molecule has 1 unspecified atom stereocenters. The van der Waals surface area contributed by atoms with E-state index in [4.69, 9.17) is 10.2 Å². The van der Waals surface area contributed by atoms with Crippen molar-refractivity contribution in [2.24, 2.45) is 0 Å². The molecule has 3 N–H and O–H groups in total. The second-order valence-electron chi connectivity index (χ2n) is 2.53. The smallest absolute Gasteiger partial charge is 0.343 e. The largest absolute Gasteiger partial charge is 0.507 e. The standard InChI is InChI=1S/C8H10O5/c9-4-13-8(12)6-2-1-5(10)3-7(6)11/h2-3,5,9-11H,1,4H2. The zero-order valence-electron chi connectivity index (χ0n) is 6.80. The first-order valence-electron chi connectivity index (χ1n) is 3.72. The Balaban J connectivity index is 2.71. The Labute approximate surface area is 74.6 Å². The third-order valence-electron chi connectivity index (χ3n) is 1.61. The number of esters is 1. The SMILES string of the molecule is O=C(OCO)C1=CCC(O)C=C1O. The van der Waals surface area contributed by atoms with Crippen LogP contribution in [0, 0.1) is 0 Å². The van der Waals surface area contributed by atoms with Crippen LogP contribution in [0.5, 0.6) is 0 Å². The molecule has 0 aromatic heterocycles. The molecule has 0 amide bonds. The number of carbonyl (C=O) groups excluding carboxylic acids is 1. The lowest BCUT2D eigenvalue weighted by atomic mass is 10.0. The molecule has 0 spiro atoms. The minimum Gasteiger partial charge on any atom is -0.507 e. The van der Waals surface area contributed by atoms with Crippen molar-refractivity contribution in [2.45, 2.75) is 12.5 Å². The van der Waals surface area contributed by atoms with Gasteiger partial charge in [-0.2, -0.15) is 0 Å². The van der Waals surface area contributed by atoms with Gasteiger partial charge in [0, 0.05) is 0 Å². The lowest BCUT2D eigenvalue weighted by Gasteiger charge is -2.12. The van der Waals surface area contributed by atoms with Gasteiger partial charge in [0.2, 0.25) is 0 Å². The number of ether oxygens (including phenoxy) is 1. The van der Waals surface area contributed by atoms with Crippen LogP contribution in [0.1, 0.15) is 6.42 Å². The molecule has 1 aliphatic rings. The Hall–Kier alpha value is -1.33. The highest BCUT2D eigenvalue weighted by Crippen LogP contribution is 2.17. The molecule has 0 aliphatic heterocycles. The average Bonchev–Trinajstić information content (AvgIpc) is 2.04. The van der Waals surface area contributed by atoms with Crippen LogP contribution in [0.3, 0.4) is 0 Å².